The highest BCUT2D eigenvalue weighted by Gasteiger charge is 2.38. The Morgan fingerprint density at radius 2 is 1.89 bits per heavy atom. The van der Waals surface area contributed by atoms with Crippen molar-refractivity contribution in [2.75, 3.05) is 6.61 Å². The third-order valence-electron chi connectivity index (χ3n) is 4.39. The maximum Gasteiger partial charge on any atom is 0.161 e. The van der Waals surface area contributed by atoms with Crippen molar-refractivity contribution in [1.82, 2.24) is 0 Å². The average molecular weight is 274 g/mol. The topological polar surface area (TPSA) is 79.2 Å². The van der Waals surface area contributed by atoms with Crippen LogP contribution < -0.4 is 0 Å². The van der Waals surface area contributed by atoms with Gasteiger partial charge >= 0.3 is 0 Å². The van der Waals surface area contributed by atoms with Gasteiger partial charge in [-0.3, -0.25) is 0 Å². The zero-order chi connectivity index (χ0) is 14.0. The number of rotatable bonds is 3. The van der Waals surface area contributed by atoms with Crippen molar-refractivity contribution in [1.29, 1.82) is 0 Å². The molecule has 1 saturated carbocycles. The maximum atomic E-state index is 9.77. The summed E-state index contributed by atoms with van der Waals surface area (Å²) in [4.78, 5) is 0. The number of hydrogen-bond acceptors (Lipinski definition) is 5. The Bertz CT molecular complexity index is 285. The fourth-order valence-corrected chi connectivity index (χ4v) is 3.19. The summed E-state index contributed by atoms with van der Waals surface area (Å²) in [6.07, 6.45) is 0.483. The van der Waals surface area contributed by atoms with Gasteiger partial charge in [-0.2, -0.15) is 0 Å². The van der Waals surface area contributed by atoms with Gasteiger partial charge in [-0.1, -0.05) is 13.8 Å². The molecule has 0 aromatic rings. The number of aliphatic hydroxyl groups is 3. The summed E-state index contributed by atoms with van der Waals surface area (Å²) in [6, 6.07) is 0. The van der Waals surface area contributed by atoms with E-state index in [0.29, 0.717) is 5.92 Å². The Kier molecular flexibility index (Phi) is 5.20. The first-order valence-electron chi connectivity index (χ1n) is 7.29. The molecule has 7 atom stereocenters. The molecule has 0 bridgehead atoms. The summed E-state index contributed by atoms with van der Waals surface area (Å²) in [5.74, 6) is 1.21. The molecular formula is C14H26O5. The van der Waals surface area contributed by atoms with Crippen LogP contribution in [0.1, 0.15) is 39.5 Å². The lowest BCUT2D eigenvalue weighted by Gasteiger charge is -2.40. The van der Waals surface area contributed by atoms with E-state index in [0.717, 1.165) is 25.2 Å². The van der Waals surface area contributed by atoms with Gasteiger partial charge in [0.2, 0.25) is 0 Å². The molecule has 2 fully saturated rings. The Balaban J connectivity index is 1.88. The molecule has 0 aromatic carbocycles. The molecule has 5 heteroatoms. The van der Waals surface area contributed by atoms with Crippen molar-refractivity contribution in [2.24, 2.45) is 11.8 Å². The molecule has 0 amide bonds. The molecule has 0 aromatic heterocycles. The molecule has 1 aliphatic heterocycles. The van der Waals surface area contributed by atoms with E-state index in [1.807, 2.05) is 0 Å². The van der Waals surface area contributed by atoms with Gasteiger partial charge in [-0.05, 0) is 31.1 Å². The molecule has 0 spiro atoms. The van der Waals surface area contributed by atoms with E-state index in [9.17, 15) is 10.2 Å². The lowest BCUT2D eigenvalue weighted by Crippen LogP contribution is -2.51. The quantitative estimate of drug-likeness (QED) is 0.704. The van der Waals surface area contributed by atoms with Crippen LogP contribution in [0.3, 0.4) is 0 Å². The molecule has 112 valence electrons. The Labute approximate surface area is 114 Å². The Morgan fingerprint density at radius 3 is 2.53 bits per heavy atom. The molecule has 1 aliphatic carbocycles. The van der Waals surface area contributed by atoms with Gasteiger partial charge in [0.25, 0.3) is 0 Å². The van der Waals surface area contributed by atoms with Crippen LogP contribution in [0.25, 0.3) is 0 Å². The molecular weight excluding hydrogens is 248 g/mol. The van der Waals surface area contributed by atoms with E-state index in [-0.39, 0.29) is 19.1 Å². The van der Waals surface area contributed by atoms with E-state index in [1.54, 1.807) is 0 Å². The van der Waals surface area contributed by atoms with Crippen molar-refractivity contribution < 1.29 is 24.8 Å². The number of aliphatic hydroxyl groups excluding tert-OH is 3. The fraction of sp³-hybridized carbons (Fsp3) is 1.00. The lowest BCUT2D eigenvalue weighted by atomic mass is 9.81. The van der Waals surface area contributed by atoms with Crippen LogP contribution in [0.4, 0.5) is 0 Å². The Morgan fingerprint density at radius 1 is 1.16 bits per heavy atom. The van der Waals surface area contributed by atoms with Crippen molar-refractivity contribution in [3.8, 4) is 0 Å². The first kappa shape index (κ1) is 15.2. The summed E-state index contributed by atoms with van der Waals surface area (Å²) in [5.41, 5.74) is 0. The van der Waals surface area contributed by atoms with Crippen LogP contribution in [0.15, 0.2) is 0 Å². The molecule has 1 saturated heterocycles. The van der Waals surface area contributed by atoms with Crippen molar-refractivity contribution in [3.05, 3.63) is 0 Å². The van der Waals surface area contributed by atoms with Crippen LogP contribution in [0.5, 0.6) is 0 Å². The molecule has 5 nitrogen and oxygen atoms in total. The first-order chi connectivity index (χ1) is 9.01. The van der Waals surface area contributed by atoms with E-state index in [1.165, 1.54) is 0 Å². The summed E-state index contributed by atoms with van der Waals surface area (Å²) in [6.45, 7) is 4.12. The molecule has 0 radical (unpaired) electrons. The highest BCUT2D eigenvalue weighted by atomic mass is 16.7. The molecule has 2 rings (SSSR count). The minimum Gasteiger partial charge on any atom is -0.394 e. The summed E-state index contributed by atoms with van der Waals surface area (Å²) in [5, 5.41) is 28.6. The van der Waals surface area contributed by atoms with E-state index >= 15 is 0 Å². The van der Waals surface area contributed by atoms with Gasteiger partial charge in [0.1, 0.15) is 12.2 Å². The van der Waals surface area contributed by atoms with Crippen LogP contribution in [-0.4, -0.2) is 52.6 Å². The Hall–Kier alpha value is -0.200. The highest BCUT2D eigenvalue weighted by Crippen LogP contribution is 2.33. The predicted octanol–water partition coefficient (Wildman–Crippen LogP) is 0.657. The van der Waals surface area contributed by atoms with E-state index < -0.39 is 24.6 Å². The molecule has 2 aliphatic rings. The smallest absolute Gasteiger partial charge is 0.161 e. The van der Waals surface area contributed by atoms with Crippen molar-refractivity contribution in [3.63, 3.8) is 0 Å². The fourth-order valence-electron chi connectivity index (χ4n) is 3.19. The second kappa shape index (κ2) is 6.50. The van der Waals surface area contributed by atoms with Crippen LogP contribution in [0.2, 0.25) is 0 Å². The van der Waals surface area contributed by atoms with Crippen molar-refractivity contribution in [2.45, 2.75) is 70.2 Å². The van der Waals surface area contributed by atoms with Gasteiger partial charge in [-0.25, -0.2) is 0 Å². The highest BCUT2D eigenvalue weighted by molar-refractivity contribution is 4.84. The average Bonchev–Trinajstić information content (AvgIpc) is 2.37. The third-order valence-corrected chi connectivity index (χ3v) is 4.39. The summed E-state index contributed by atoms with van der Waals surface area (Å²) in [7, 11) is 0. The largest absolute Gasteiger partial charge is 0.394 e. The summed E-state index contributed by atoms with van der Waals surface area (Å²) < 4.78 is 11.5. The minimum absolute atomic E-state index is 0.142. The maximum absolute atomic E-state index is 9.77. The second-order valence-electron chi connectivity index (χ2n) is 6.15. The van der Waals surface area contributed by atoms with Gasteiger partial charge in [0.05, 0.1) is 18.8 Å². The molecule has 0 unspecified atom stereocenters. The summed E-state index contributed by atoms with van der Waals surface area (Å²) >= 11 is 0. The monoisotopic (exact) mass is 274 g/mol. The number of hydrogen-bond donors (Lipinski definition) is 3. The second-order valence-corrected chi connectivity index (χ2v) is 6.15. The third kappa shape index (κ3) is 3.67. The molecule has 19 heavy (non-hydrogen) atoms. The standard InChI is InChI=1S/C14H26O5/c1-8-3-4-11(9(2)5-8)18-13-6-10(16)14(17)12(7-15)19-13/h8-17H,3-7H2,1-2H3/t8-,9+,10+,11-,12+,13-,14+/m1/s1. The van der Waals surface area contributed by atoms with Crippen LogP contribution in [0, 0.1) is 11.8 Å². The number of ether oxygens (including phenoxy) is 2. The first-order valence-corrected chi connectivity index (χ1v) is 7.29. The van der Waals surface area contributed by atoms with Gasteiger partial charge < -0.3 is 24.8 Å². The SMILES string of the molecule is C[C@@H]1CC[C@@H](O[C@H]2C[C@H](O)[C@H](O)[C@H](CO)O2)[C@@H](C)C1. The van der Waals surface area contributed by atoms with Crippen LogP contribution in [-0.2, 0) is 9.47 Å². The zero-order valence-electron chi connectivity index (χ0n) is 11.7. The van der Waals surface area contributed by atoms with Gasteiger partial charge in [0, 0.05) is 6.42 Å². The van der Waals surface area contributed by atoms with Gasteiger partial charge in [-0.15, -0.1) is 0 Å². The normalized spacial score (nSPS) is 48.2. The zero-order valence-corrected chi connectivity index (χ0v) is 11.7. The van der Waals surface area contributed by atoms with E-state index in [2.05, 4.69) is 13.8 Å². The molecule has 1 heterocycles. The predicted molar refractivity (Wildman–Crippen MR) is 69.4 cm³/mol. The van der Waals surface area contributed by atoms with E-state index in [4.69, 9.17) is 14.6 Å². The minimum atomic E-state index is -1.03. The molecule has 3 N–H and O–H groups in total. The lowest BCUT2D eigenvalue weighted by molar-refractivity contribution is -0.276. The van der Waals surface area contributed by atoms with Gasteiger partial charge in [0.15, 0.2) is 6.29 Å². The van der Waals surface area contributed by atoms with Crippen molar-refractivity contribution >= 4 is 0 Å². The van der Waals surface area contributed by atoms with Crippen LogP contribution >= 0.6 is 0 Å².